The molecule has 0 bridgehead atoms. The van der Waals surface area contributed by atoms with Crippen LogP contribution in [0.25, 0.3) is 5.76 Å². The largest absolute Gasteiger partial charge is 0.507 e. The first-order valence-corrected chi connectivity index (χ1v) is 9.50. The number of aliphatic hydroxyl groups excluding tert-OH is 1. The number of halogens is 1. The van der Waals surface area contributed by atoms with Crippen LogP contribution in [0.1, 0.15) is 34.1 Å². The van der Waals surface area contributed by atoms with Crippen LogP contribution < -0.4 is 0 Å². The van der Waals surface area contributed by atoms with Crippen molar-refractivity contribution in [3.8, 4) is 0 Å². The van der Waals surface area contributed by atoms with Crippen molar-refractivity contribution in [3.05, 3.63) is 100 Å². The van der Waals surface area contributed by atoms with Crippen molar-refractivity contribution in [2.24, 2.45) is 0 Å². The molecule has 0 spiro atoms. The van der Waals surface area contributed by atoms with Crippen LogP contribution in [0, 0.1) is 19.7 Å². The predicted octanol–water partition coefficient (Wildman–Crippen LogP) is 4.66. The Morgan fingerprint density at radius 3 is 2.47 bits per heavy atom. The summed E-state index contributed by atoms with van der Waals surface area (Å²) >= 11 is 0. The molecule has 0 unspecified atom stereocenters. The van der Waals surface area contributed by atoms with E-state index >= 15 is 0 Å². The molecule has 30 heavy (non-hydrogen) atoms. The SMILES string of the molecule is Cc1ccc([C@@H]2C(=C(O)c3ccc(C)c(F)c3)C(=O)C(=O)N2Cc2ccco2)cc1. The maximum absolute atomic E-state index is 14.1. The summed E-state index contributed by atoms with van der Waals surface area (Å²) in [4.78, 5) is 27.2. The highest BCUT2D eigenvalue weighted by Gasteiger charge is 2.46. The second-order valence-corrected chi connectivity index (χ2v) is 7.38. The highest BCUT2D eigenvalue weighted by atomic mass is 19.1. The number of benzene rings is 2. The fraction of sp³-hybridized carbons (Fsp3) is 0.167. The lowest BCUT2D eigenvalue weighted by Gasteiger charge is -2.24. The lowest BCUT2D eigenvalue weighted by Crippen LogP contribution is -2.29. The summed E-state index contributed by atoms with van der Waals surface area (Å²) in [6, 6.07) is 14.2. The van der Waals surface area contributed by atoms with Crippen molar-refractivity contribution in [1.82, 2.24) is 4.90 Å². The molecule has 1 N–H and O–H groups in total. The fourth-order valence-electron chi connectivity index (χ4n) is 3.60. The highest BCUT2D eigenvalue weighted by Crippen LogP contribution is 2.40. The smallest absolute Gasteiger partial charge is 0.296 e. The van der Waals surface area contributed by atoms with Gasteiger partial charge in [-0.05, 0) is 43.2 Å². The molecule has 3 aromatic rings. The van der Waals surface area contributed by atoms with E-state index in [-0.39, 0.29) is 17.7 Å². The Morgan fingerprint density at radius 2 is 1.83 bits per heavy atom. The molecule has 6 heteroatoms. The van der Waals surface area contributed by atoms with Gasteiger partial charge in [0, 0.05) is 5.56 Å². The number of hydrogen-bond acceptors (Lipinski definition) is 4. The van der Waals surface area contributed by atoms with E-state index in [0.717, 1.165) is 11.6 Å². The molecule has 152 valence electrons. The zero-order chi connectivity index (χ0) is 21.4. The van der Waals surface area contributed by atoms with E-state index in [1.807, 2.05) is 31.2 Å². The van der Waals surface area contributed by atoms with Gasteiger partial charge in [0.15, 0.2) is 0 Å². The molecular formula is C24H20FNO4. The predicted molar refractivity (Wildman–Crippen MR) is 109 cm³/mol. The number of carbonyl (C=O) groups excluding carboxylic acids is 2. The third-order valence-electron chi connectivity index (χ3n) is 5.28. The van der Waals surface area contributed by atoms with Gasteiger partial charge >= 0.3 is 0 Å². The monoisotopic (exact) mass is 405 g/mol. The Bertz CT molecular complexity index is 1150. The summed E-state index contributed by atoms with van der Waals surface area (Å²) in [6.07, 6.45) is 1.49. The standard InChI is InChI=1S/C24H20FNO4/c1-14-5-8-16(9-6-14)21-20(22(27)17-10-7-15(2)19(25)12-17)23(28)24(29)26(21)13-18-4-3-11-30-18/h3-12,21,27H,13H2,1-2H3/t21-/m1/s1. The van der Waals surface area contributed by atoms with Crippen molar-refractivity contribution in [2.45, 2.75) is 26.4 Å². The minimum absolute atomic E-state index is 0.0646. The molecule has 5 nitrogen and oxygen atoms in total. The van der Waals surface area contributed by atoms with Gasteiger partial charge in [-0.1, -0.05) is 42.0 Å². The molecule has 1 saturated heterocycles. The van der Waals surface area contributed by atoms with Gasteiger partial charge < -0.3 is 14.4 Å². The minimum atomic E-state index is -0.819. The molecule has 1 atom stereocenters. The quantitative estimate of drug-likeness (QED) is 0.389. The number of ketones is 1. The third-order valence-corrected chi connectivity index (χ3v) is 5.28. The van der Waals surface area contributed by atoms with E-state index < -0.39 is 29.3 Å². The minimum Gasteiger partial charge on any atom is -0.507 e. The average molecular weight is 405 g/mol. The number of hydrogen-bond donors (Lipinski definition) is 1. The molecule has 0 saturated carbocycles. The first-order chi connectivity index (χ1) is 14.4. The van der Waals surface area contributed by atoms with Gasteiger partial charge in [0.1, 0.15) is 17.3 Å². The van der Waals surface area contributed by atoms with Crippen molar-refractivity contribution in [3.63, 3.8) is 0 Å². The van der Waals surface area contributed by atoms with Crippen LogP contribution in [0.2, 0.25) is 0 Å². The molecule has 1 amide bonds. The molecule has 0 aliphatic carbocycles. The summed E-state index contributed by atoms with van der Waals surface area (Å²) in [7, 11) is 0. The summed E-state index contributed by atoms with van der Waals surface area (Å²) in [5.41, 5.74) is 2.17. The van der Waals surface area contributed by atoms with E-state index in [9.17, 15) is 19.1 Å². The van der Waals surface area contributed by atoms with Crippen LogP contribution in [0.4, 0.5) is 4.39 Å². The van der Waals surface area contributed by atoms with Gasteiger partial charge in [-0.2, -0.15) is 0 Å². The zero-order valence-corrected chi connectivity index (χ0v) is 16.6. The molecule has 1 aromatic heterocycles. The summed E-state index contributed by atoms with van der Waals surface area (Å²) in [6.45, 7) is 3.60. The summed E-state index contributed by atoms with van der Waals surface area (Å²) in [5, 5.41) is 10.9. The number of carbonyl (C=O) groups is 2. The van der Waals surface area contributed by atoms with E-state index in [4.69, 9.17) is 4.42 Å². The number of likely N-dealkylation sites (tertiary alicyclic amines) is 1. The number of amides is 1. The Hall–Kier alpha value is -3.67. The molecule has 4 rings (SSSR count). The zero-order valence-electron chi connectivity index (χ0n) is 16.6. The molecule has 1 fully saturated rings. The Morgan fingerprint density at radius 1 is 1.10 bits per heavy atom. The number of rotatable bonds is 4. The number of Topliss-reactive ketones (excluding diaryl/α,β-unsaturated/α-hetero) is 1. The van der Waals surface area contributed by atoms with Crippen molar-refractivity contribution in [1.29, 1.82) is 0 Å². The van der Waals surface area contributed by atoms with Gasteiger partial charge in [-0.25, -0.2) is 4.39 Å². The van der Waals surface area contributed by atoms with E-state index in [1.165, 1.54) is 23.3 Å². The maximum atomic E-state index is 14.1. The molecular weight excluding hydrogens is 385 g/mol. The van der Waals surface area contributed by atoms with Crippen LogP contribution in [-0.4, -0.2) is 21.7 Å². The van der Waals surface area contributed by atoms with Gasteiger partial charge in [0.05, 0.1) is 24.4 Å². The van der Waals surface area contributed by atoms with Crippen molar-refractivity contribution in [2.75, 3.05) is 0 Å². The lowest BCUT2D eigenvalue weighted by molar-refractivity contribution is -0.140. The summed E-state index contributed by atoms with van der Waals surface area (Å²) in [5.74, 6) is -1.96. The number of aryl methyl sites for hydroxylation is 2. The molecule has 1 aliphatic rings. The average Bonchev–Trinajstić information content (AvgIpc) is 3.33. The fourth-order valence-corrected chi connectivity index (χ4v) is 3.60. The van der Waals surface area contributed by atoms with Crippen LogP contribution in [-0.2, 0) is 16.1 Å². The van der Waals surface area contributed by atoms with Crippen LogP contribution in [0.5, 0.6) is 0 Å². The van der Waals surface area contributed by atoms with E-state index in [0.29, 0.717) is 16.9 Å². The van der Waals surface area contributed by atoms with Crippen LogP contribution >= 0.6 is 0 Å². The number of nitrogens with zero attached hydrogens (tertiary/aromatic N) is 1. The Balaban J connectivity index is 1.87. The molecule has 2 heterocycles. The van der Waals surface area contributed by atoms with Gasteiger partial charge in [-0.3, -0.25) is 9.59 Å². The van der Waals surface area contributed by atoms with E-state index in [2.05, 4.69) is 0 Å². The third kappa shape index (κ3) is 3.41. The number of aliphatic hydroxyl groups is 1. The Labute approximate surface area is 173 Å². The molecule has 2 aromatic carbocycles. The summed E-state index contributed by atoms with van der Waals surface area (Å²) < 4.78 is 19.4. The Kier molecular flexibility index (Phi) is 4.99. The second kappa shape index (κ2) is 7.63. The topological polar surface area (TPSA) is 70.8 Å². The first kappa shape index (κ1) is 19.6. The lowest BCUT2D eigenvalue weighted by atomic mass is 9.94. The number of furan rings is 1. The first-order valence-electron chi connectivity index (χ1n) is 9.50. The maximum Gasteiger partial charge on any atom is 0.296 e. The van der Waals surface area contributed by atoms with Crippen molar-refractivity contribution < 1.29 is 23.5 Å². The normalized spacial score (nSPS) is 18.2. The second-order valence-electron chi connectivity index (χ2n) is 7.38. The van der Waals surface area contributed by atoms with E-state index in [1.54, 1.807) is 19.1 Å². The van der Waals surface area contributed by atoms with Crippen LogP contribution in [0.15, 0.2) is 70.9 Å². The molecule has 1 aliphatic heterocycles. The van der Waals surface area contributed by atoms with Crippen molar-refractivity contribution >= 4 is 17.4 Å². The van der Waals surface area contributed by atoms with Gasteiger partial charge in [0.2, 0.25) is 0 Å². The van der Waals surface area contributed by atoms with Gasteiger partial charge in [0.25, 0.3) is 11.7 Å². The highest BCUT2D eigenvalue weighted by molar-refractivity contribution is 6.46. The van der Waals surface area contributed by atoms with Gasteiger partial charge in [-0.15, -0.1) is 0 Å². The van der Waals surface area contributed by atoms with Crippen LogP contribution in [0.3, 0.4) is 0 Å². The molecule has 0 radical (unpaired) electrons.